The van der Waals surface area contributed by atoms with E-state index in [9.17, 15) is 4.79 Å². The van der Waals surface area contributed by atoms with Gasteiger partial charge in [-0.15, -0.1) is 0 Å². The lowest BCUT2D eigenvalue weighted by molar-refractivity contribution is -0.120. The molecule has 0 saturated heterocycles. The standard InChI is InChI=1S/C23H29N3O2/c1-16-14-23(2,3)26(4)20-13-21(28-5)18(12-19(16)20)15-24-25-22(27)11-17-9-7-6-8-10-17/h6-10,12-13,15-16H,11,14H2,1-5H3,(H,25,27)/b24-15-. The molecule has 0 fully saturated rings. The number of carbonyl (C=O) groups excluding carboxylic acids is 1. The molecule has 1 unspecified atom stereocenters. The molecule has 1 aliphatic rings. The number of benzene rings is 2. The lowest BCUT2D eigenvalue weighted by Crippen LogP contribution is -2.45. The first-order valence-corrected chi connectivity index (χ1v) is 9.63. The molecule has 1 atom stereocenters. The van der Waals surface area contributed by atoms with Crippen molar-refractivity contribution in [1.82, 2.24) is 5.43 Å². The molecular formula is C23H29N3O2. The molecule has 1 N–H and O–H groups in total. The number of ether oxygens (including phenoxy) is 1. The van der Waals surface area contributed by atoms with Crippen LogP contribution in [0.5, 0.6) is 5.75 Å². The van der Waals surface area contributed by atoms with Crippen LogP contribution in [0.3, 0.4) is 0 Å². The number of hydrogen-bond donors (Lipinski definition) is 1. The van der Waals surface area contributed by atoms with Crippen LogP contribution in [0.2, 0.25) is 0 Å². The summed E-state index contributed by atoms with van der Waals surface area (Å²) in [7, 11) is 3.78. The first-order chi connectivity index (χ1) is 13.3. The summed E-state index contributed by atoms with van der Waals surface area (Å²) in [6, 6.07) is 13.8. The Morgan fingerprint density at radius 2 is 2.04 bits per heavy atom. The summed E-state index contributed by atoms with van der Waals surface area (Å²) in [6.07, 6.45) is 3.04. The summed E-state index contributed by atoms with van der Waals surface area (Å²) in [4.78, 5) is 14.4. The Balaban J connectivity index is 1.78. The fourth-order valence-corrected chi connectivity index (χ4v) is 3.88. The monoisotopic (exact) mass is 379 g/mol. The fourth-order valence-electron chi connectivity index (χ4n) is 3.88. The lowest BCUT2D eigenvalue weighted by atomic mass is 9.80. The minimum atomic E-state index is -0.144. The molecule has 5 nitrogen and oxygen atoms in total. The van der Waals surface area contributed by atoms with Gasteiger partial charge in [-0.2, -0.15) is 5.10 Å². The molecule has 0 aliphatic carbocycles. The summed E-state index contributed by atoms with van der Waals surface area (Å²) in [5, 5.41) is 4.15. The van der Waals surface area contributed by atoms with E-state index in [4.69, 9.17) is 4.74 Å². The maximum Gasteiger partial charge on any atom is 0.244 e. The van der Waals surface area contributed by atoms with E-state index in [1.54, 1.807) is 13.3 Å². The molecule has 2 aromatic carbocycles. The summed E-state index contributed by atoms with van der Waals surface area (Å²) >= 11 is 0. The third-order valence-corrected chi connectivity index (χ3v) is 5.59. The number of hydrogen-bond acceptors (Lipinski definition) is 4. The van der Waals surface area contributed by atoms with Gasteiger partial charge >= 0.3 is 0 Å². The van der Waals surface area contributed by atoms with Crippen molar-refractivity contribution in [3.63, 3.8) is 0 Å². The minimum Gasteiger partial charge on any atom is -0.496 e. The van der Waals surface area contributed by atoms with Gasteiger partial charge in [0.1, 0.15) is 5.75 Å². The zero-order valence-electron chi connectivity index (χ0n) is 17.3. The van der Waals surface area contributed by atoms with Gasteiger partial charge in [-0.25, -0.2) is 5.43 Å². The average Bonchev–Trinajstić information content (AvgIpc) is 2.66. The molecule has 0 aromatic heterocycles. The second kappa shape index (κ2) is 8.05. The van der Waals surface area contributed by atoms with Crippen LogP contribution in [-0.2, 0) is 11.2 Å². The number of methoxy groups -OCH3 is 1. The summed E-state index contributed by atoms with van der Waals surface area (Å²) < 4.78 is 5.59. The van der Waals surface area contributed by atoms with Gasteiger partial charge in [0.15, 0.2) is 0 Å². The van der Waals surface area contributed by atoms with Gasteiger partial charge in [0.25, 0.3) is 0 Å². The number of fused-ring (bicyclic) bond motifs is 1. The van der Waals surface area contributed by atoms with Crippen LogP contribution < -0.4 is 15.1 Å². The van der Waals surface area contributed by atoms with E-state index in [1.165, 1.54) is 11.3 Å². The zero-order chi connectivity index (χ0) is 20.3. The van der Waals surface area contributed by atoms with Gasteiger partial charge in [0.05, 0.1) is 19.7 Å². The van der Waals surface area contributed by atoms with Gasteiger partial charge < -0.3 is 9.64 Å². The van der Waals surface area contributed by atoms with Gasteiger partial charge in [-0.3, -0.25) is 4.79 Å². The number of nitrogens with zero attached hydrogens (tertiary/aromatic N) is 2. The Labute approximate surface area is 167 Å². The topological polar surface area (TPSA) is 53.9 Å². The van der Waals surface area contributed by atoms with E-state index in [1.807, 2.05) is 30.3 Å². The largest absolute Gasteiger partial charge is 0.496 e. The molecule has 28 heavy (non-hydrogen) atoms. The predicted octanol–water partition coefficient (Wildman–Crippen LogP) is 4.11. The Morgan fingerprint density at radius 3 is 2.71 bits per heavy atom. The van der Waals surface area contributed by atoms with Crippen molar-refractivity contribution >= 4 is 17.8 Å². The fraction of sp³-hybridized carbons (Fsp3) is 0.391. The summed E-state index contributed by atoms with van der Waals surface area (Å²) in [5.74, 6) is 1.04. The predicted molar refractivity (Wildman–Crippen MR) is 114 cm³/mol. The number of nitrogens with one attached hydrogen (secondary N) is 1. The van der Waals surface area contributed by atoms with Crippen molar-refractivity contribution in [2.75, 3.05) is 19.1 Å². The van der Waals surface area contributed by atoms with Crippen molar-refractivity contribution < 1.29 is 9.53 Å². The smallest absolute Gasteiger partial charge is 0.244 e. The van der Waals surface area contributed by atoms with E-state index >= 15 is 0 Å². The maximum atomic E-state index is 12.1. The van der Waals surface area contributed by atoms with E-state index in [-0.39, 0.29) is 11.4 Å². The van der Waals surface area contributed by atoms with Crippen LogP contribution >= 0.6 is 0 Å². The van der Waals surface area contributed by atoms with Crippen molar-refractivity contribution in [2.24, 2.45) is 5.10 Å². The van der Waals surface area contributed by atoms with Crippen LogP contribution in [0.25, 0.3) is 0 Å². The van der Waals surface area contributed by atoms with Crippen LogP contribution in [0.1, 0.15) is 49.8 Å². The molecule has 1 aliphatic heterocycles. The van der Waals surface area contributed by atoms with Crippen LogP contribution in [0.4, 0.5) is 5.69 Å². The molecule has 1 amide bonds. The van der Waals surface area contributed by atoms with Gasteiger partial charge in [-0.05, 0) is 43.4 Å². The Morgan fingerprint density at radius 1 is 1.32 bits per heavy atom. The number of amides is 1. The third kappa shape index (κ3) is 4.19. The minimum absolute atomic E-state index is 0.0957. The van der Waals surface area contributed by atoms with E-state index in [0.29, 0.717) is 12.3 Å². The molecule has 3 rings (SSSR count). The third-order valence-electron chi connectivity index (χ3n) is 5.59. The SMILES string of the molecule is COc1cc2c(cc1/C=N\NC(=O)Cc1ccccc1)C(C)CC(C)(C)N2C. The number of hydrazone groups is 1. The normalized spacial score (nSPS) is 18.0. The van der Waals surface area contributed by atoms with Crippen molar-refractivity contribution in [1.29, 1.82) is 0 Å². The second-order valence-corrected chi connectivity index (χ2v) is 8.09. The summed E-state index contributed by atoms with van der Waals surface area (Å²) in [6.45, 7) is 6.77. The summed E-state index contributed by atoms with van der Waals surface area (Å²) in [5.41, 5.74) is 6.99. The average molecular weight is 380 g/mol. The number of carbonyl (C=O) groups is 1. The molecule has 148 valence electrons. The first kappa shape index (κ1) is 19.9. The first-order valence-electron chi connectivity index (χ1n) is 9.63. The van der Waals surface area contributed by atoms with Gasteiger partial charge in [0, 0.05) is 29.9 Å². The molecule has 0 spiro atoms. The van der Waals surface area contributed by atoms with Gasteiger partial charge in [0.2, 0.25) is 5.91 Å². The van der Waals surface area contributed by atoms with Crippen LogP contribution in [0.15, 0.2) is 47.6 Å². The van der Waals surface area contributed by atoms with E-state index in [0.717, 1.165) is 23.3 Å². The maximum absolute atomic E-state index is 12.1. The van der Waals surface area contributed by atoms with Crippen molar-refractivity contribution in [3.8, 4) is 5.75 Å². The molecular weight excluding hydrogens is 350 g/mol. The zero-order valence-corrected chi connectivity index (χ0v) is 17.3. The highest BCUT2D eigenvalue weighted by atomic mass is 16.5. The lowest BCUT2D eigenvalue weighted by Gasteiger charge is -2.45. The highest BCUT2D eigenvalue weighted by Gasteiger charge is 2.34. The van der Waals surface area contributed by atoms with Crippen LogP contribution in [-0.4, -0.2) is 31.8 Å². The Bertz CT molecular complexity index is 875. The quantitative estimate of drug-likeness (QED) is 0.628. The number of anilines is 1. The molecule has 2 aromatic rings. The Hall–Kier alpha value is -2.82. The van der Waals surface area contributed by atoms with Crippen molar-refractivity contribution in [2.45, 2.75) is 45.1 Å². The second-order valence-electron chi connectivity index (χ2n) is 8.09. The Kier molecular flexibility index (Phi) is 5.73. The molecule has 0 radical (unpaired) electrons. The van der Waals surface area contributed by atoms with Crippen LogP contribution in [0, 0.1) is 0 Å². The van der Waals surface area contributed by atoms with Crippen molar-refractivity contribution in [3.05, 3.63) is 59.2 Å². The highest BCUT2D eigenvalue weighted by Crippen LogP contribution is 2.44. The number of rotatable bonds is 5. The van der Waals surface area contributed by atoms with E-state index in [2.05, 4.69) is 55.4 Å². The van der Waals surface area contributed by atoms with Gasteiger partial charge in [-0.1, -0.05) is 37.3 Å². The molecule has 0 bridgehead atoms. The van der Waals surface area contributed by atoms with E-state index < -0.39 is 0 Å². The molecule has 0 saturated carbocycles. The molecule has 1 heterocycles. The highest BCUT2D eigenvalue weighted by molar-refractivity contribution is 5.87. The molecule has 5 heteroatoms.